The summed E-state index contributed by atoms with van der Waals surface area (Å²) in [7, 11) is 0. The van der Waals surface area contributed by atoms with Crippen LogP contribution in [0.2, 0.25) is 5.02 Å². The summed E-state index contributed by atoms with van der Waals surface area (Å²) < 4.78 is 38.2. The number of phenolic OH excluding ortho intramolecular Hbond substituents is 1. The van der Waals surface area contributed by atoms with E-state index in [0.717, 1.165) is 24.4 Å². The highest BCUT2D eigenvalue weighted by Gasteiger charge is 2.30. The van der Waals surface area contributed by atoms with Gasteiger partial charge in [-0.1, -0.05) is 17.7 Å². The van der Waals surface area contributed by atoms with Gasteiger partial charge in [-0.2, -0.15) is 18.3 Å². The lowest BCUT2D eigenvalue weighted by Crippen LogP contribution is -2.18. The highest BCUT2D eigenvalue weighted by molar-refractivity contribution is 9.10. The van der Waals surface area contributed by atoms with Crippen LogP contribution in [0, 0.1) is 0 Å². The lowest BCUT2D eigenvalue weighted by molar-refractivity contribution is -0.137. The van der Waals surface area contributed by atoms with Crippen LogP contribution < -0.4 is 5.43 Å². The number of hydrazone groups is 1. The average Bonchev–Trinajstić information content (AvgIpc) is 2.51. The maximum absolute atomic E-state index is 12.6. The van der Waals surface area contributed by atoms with E-state index in [2.05, 4.69) is 26.5 Å². The van der Waals surface area contributed by atoms with Crippen LogP contribution in [0.15, 0.2) is 46.0 Å². The molecule has 126 valence electrons. The van der Waals surface area contributed by atoms with Gasteiger partial charge in [0.1, 0.15) is 5.75 Å². The Hall–Kier alpha value is -2.06. The molecule has 0 aliphatic carbocycles. The van der Waals surface area contributed by atoms with E-state index in [4.69, 9.17) is 11.6 Å². The molecular weight excluding hydrogens is 413 g/mol. The fraction of sp³-hybridized carbons (Fsp3) is 0.0667. The minimum absolute atomic E-state index is 0.142. The summed E-state index contributed by atoms with van der Waals surface area (Å²) in [5.74, 6) is -0.964. The van der Waals surface area contributed by atoms with Crippen molar-refractivity contribution in [3.8, 4) is 5.75 Å². The molecular formula is C15H9BrClF3N2O2. The first-order valence-corrected chi connectivity index (χ1v) is 7.54. The third kappa shape index (κ3) is 4.48. The lowest BCUT2D eigenvalue weighted by Gasteiger charge is -2.07. The van der Waals surface area contributed by atoms with Crippen LogP contribution in [-0.4, -0.2) is 17.2 Å². The number of alkyl halides is 3. The van der Waals surface area contributed by atoms with E-state index in [1.54, 1.807) is 0 Å². The molecule has 9 heteroatoms. The summed E-state index contributed by atoms with van der Waals surface area (Å²) in [6, 6.07) is 6.81. The molecule has 0 heterocycles. The number of hydrogen-bond donors (Lipinski definition) is 2. The van der Waals surface area contributed by atoms with Gasteiger partial charge < -0.3 is 5.11 Å². The summed E-state index contributed by atoms with van der Waals surface area (Å²) in [6.07, 6.45) is -3.42. The highest BCUT2D eigenvalue weighted by atomic mass is 79.9. The number of halogens is 5. The highest BCUT2D eigenvalue weighted by Crippen LogP contribution is 2.31. The number of amides is 1. The SMILES string of the molecule is O=C(N/N=C\c1cc(Cl)cc(Br)c1O)c1cccc(C(F)(F)F)c1. The second-order valence-electron chi connectivity index (χ2n) is 4.60. The standard InChI is InChI=1S/C15H9BrClF3N2O2/c16-12-6-11(17)5-9(13(12)23)7-21-22-14(24)8-2-1-3-10(4-8)15(18,19)20/h1-7,23H,(H,22,24)/b21-7-. The maximum Gasteiger partial charge on any atom is 0.416 e. The minimum Gasteiger partial charge on any atom is -0.506 e. The third-order valence-corrected chi connectivity index (χ3v) is 3.70. The Kier molecular flexibility index (Phi) is 5.51. The second-order valence-corrected chi connectivity index (χ2v) is 5.89. The van der Waals surface area contributed by atoms with Crippen molar-refractivity contribution >= 4 is 39.7 Å². The fourth-order valence-electron chi connectivity index (χ4n) is 1.75. The number of rotatable bonds is 3. The van der Waals surface area contributed by atoms with Gasteiger partial charge in [-0.3, -0.25) is 4.79 Å². The number of nitrogens with zero attached hydrogens (tertiary/aromatic N) is 1. The molecule has 0 aromatic heterocycles. The molecule has 0 radical (unpaired) electrons. The molecule has 0 atom stereocenters. The largest absolute Gasteiger partial charge is 0.506 e. The molecule has 0 unspecified atom stereocenters. The smallest absolute Gasteiger partial charge is 0.416 e. The Labute approximate surface area is 148 Å². The molecule has 0 spiro atoms. The fourth-order valence-corrected chi connectivity index (χ4v) is 2.58. The quantitative estimate of drug-likeness (QED) is 0.562. The van der Waals surface area contributed by atoms with Gasteiger partial charge in [0.25, 0.3) is 5.91 Å². The van der Waals surface area contributed by atoms with Crippen LogP contribution in [-0.2, 0) is 6.18 Å². The first kappa shape index (κ1) is 18.3. The molecule has 4 nitrogen and oxygen atoms in total. The zero-order valence-electron chi connectivity index (χ0n) is 11.7. The molecule has 2 rings (SSSR count). The van der Waals surface area contributed by atoms with E-state index in [0.29, 0.717) is 9.50 Å². The zero-order valence-corrected chi connectivity index (χ0v) is 14.1. The number of hydrogen-bond acceptors (Lipinski definition) is 3. The number of nitrogens with one attached hydrogen (secondary N) is 1. The molecule has 0 aliphatic heterocycles. The van der Waals surface area contributed by atoms with E-state index < -0.39 is 17.6 Å². The van der Waals surface area contributed by atoms with E-state index >= 15 is 0 Å². The van der Waals surface area contributed by atoms with Gasteiger partial charge >= 0.3 is 6.18 Å². The normalized spacial score (nSPS) is 11.7. The van der Waals surface area contributed by atoms with Crippen LogP contribution in [0.1, 0.15) is 21.5 Å². The van der Waals surface area contributed by atoms with Crippen LogP contribution in [0.25, 0.3) is 0 Å². The topological polar surface area (TPSA) is 61.7 Å². The lowest BCUT2D eigenvalue weighted by atomic mass is 10.1. The summed E-state index contributed by atoms with van der Waals surface area (Å²) in [4.78, 5) is 11.8. The minimum atomic E-state index is -4.54. The number of benzene rings is 2. The molecule has 0 saturated heterocycles. The predicted molar refractivity (Wildman–Crippen MR) is 87.3 cm³/mol. The Morgan fingerprint density at radius 3 is 2.67 bits per heavy atom. The number of aromatic hydroxyl groups is 1. The Bertz CT molecular complexity index is 810. The van der Waals surface area contributed by atoms with Crippen molar-refractivity contribution in [2.24, 2.45) is 5.10 Å². The molecule has 2 N–H and O–H groups in total. The molecule has 0 saturated carbocycles. The number of carbonyl (C=O) groups excluding carboxylic acids is 1. The number of phenols is 1. The summed E-state index contributed by atoms with van der Waals surface area (Å²) in [5.41, 5.74) is 1.18. The number of carbonyl (C=O) groups is 1. The monoisotopic (exact) mass is 420 g/mol. The first-order chi connectivity index (χ1) is 11.2. The van der Waals surface area contributed by atoms with Gasteiger partial charge in [-0.25, -0.2) is 5.43 Å². The van der Waals surface area contributed by atoms with Gasteiger partial charge in [0.2, 0.25) is 0 Å². The first-order valence-electron chi connectivity index (χ1n) is 6.37. The molecule has 24 heavy (non-hydrogen) atoms. The van der Waals surface area contributed by atoms with Crippen LogP contribution >= 0.6 is 27.5 Å². The molecule has 0 fully saturated rings. The van der Waals surface area contributed by atoms with Gasteiger partial charge in [-0.15, -0.1) is 0 Å². The van der Waals surface area contributed by atoms with Crippen LogP contribution in [0.4, 0.5) is 13.2 Å². The van der Waals surface area contributed by atoms with Crippen molar-refractivity contribution in [3.63, 3.8) is 0 Å². The summed E-state index contributed by atoms with van der Waals surface area (Å²) in [5, 5.41) is 13.7. The van der Waals surface area contributed by atoms with Crippen LogP contribution in [0.5, 0.6) is 5.75 Å². The van der Waals surface area contributed by atoms with Gasteiger partial charge in [0.05, 0.1) is 16.3 Å². The van der Waals surface area contributed by atoms with Crippen molar-refractivity contribution < 1.29 is 23.1 Å². The van der Waals surface area contributed by atoms with E-state index in [1.165, 1.54) is 18.2 Å². The molecule has 2 aromatic carbocycles. The van der Waals surface area contributed by atoms with Gasteiger partial charge in [-0.05, 0) is 46.3 Å². The Morgan fingerprint density at radius 2 is 2.00 bits per heavy atom. The van der Waals surface area contributed by atoms with Crippen molar-refractivity contribution in [1.29, 1.82) is 0 Å². The van der Waals surface area contributed by atoms with Crippen molar-refractivity contribution in [2.75, 3.05) is 0 Å². The van der Waals surface area contributed by atoms with Crippen molar-refractivity contribution in [2.45, 2.75) is 6.18 Å². The third-order valence-electron chi connectivity index (χ3n) is 2.88. The summed E-state index contributed by atoms with van der Waals surface area (Å²) in [6.45, 7) is 0. The second kappa shape index (κ2) is 7.23. The molecule has 0 bridgehead atoms. The zero-order chi connectivity index (χ0) is 17.9. The summed E-state index contributed by atoms with van der Waals surface area (Å²) >= 11 is 8.91. The molecule has 0 aliphatic rings. The van der Waals surface area contributed by atoms with Crippen molar-refractivity contribution in [3.05, 3.63) is 62.6 Å². The van der Waals surface area contributed by atoms with Crippen molar-refractivity contribution in [1.82, 2.24) is 5.43 Å². The van der Waals surface area contributed by atoms with E-state index in [1.807, 2.05) is 0 Å². The molecule has 1 amide bonds. The van der Waals surface area contributed by atoms with E-state index in [9.17, 15) is 23.1 Å². The Balaban J connectivity index is 2.14. The van der Waals surface area contributed by atoms with Gasteiger partial charge in [0.15, 0.2) is 0 Å². The van der Waals surface area contributed by atoms with Crippen LogP contribution in [0.3, 0.4) is 0 Å². The predicted octanol–water partition coefficient (Wildman–Crippen LogP) is 4.59. The van der Waals surface area contributed by atoms with E-state index in [-0.39, 0.29) is 16.9 Å². The maximum atomic E-state index is 12.6. The average molecular weight is 422 g/mol. The van der Waals surface area contributed by atoms with Gasteiger partial charge in [0, 0.05) is 16.1 Å². The Morgan fingerprint density at radius 1 is 1.29 bits per heavy atom. The molecule has 2 aromatic rings.